The molecule has 0 atom stereocenters. The average Bonchev–Trinajstić information content (AvgIpc) is 3.00. The van der Waals surface area contributed by atoms with Crippen LogP contribution in [0.25, 0.3) is 11.0 Å². The van der Waals surface area contributed by atoms with Crippen LogP contribution in [0.15, 0.2) is 42.5 Å². The first-order valence-corrected chi connectivity index (χ1v) is 9.23. The average molecular weight is 366 g/mol. The molecule has 0 aliphatic carbocycles. The fourth-order valence-corrected chi connectivity index (χ4v) is 3.46. The van der Waals surface area contributed by atoms with Gasteiger partial charge in [-0.3, -0.25) is 0 Å². The molecule has 2 aromatic carbocycles. The number of halogens is 1. The molecule has 4 nitrogen and oxygen atoms in total. The van der Waals surface area contributed by atoms with Gasteiger partial charge in [-0.15, -0.1) is 0 Å². The van der Waals surface area contributed by atoms with E-state index in [1.807, 2.05) is 65.0 Å². The van der Waals surface area contributed by atoms with Crippen LogP contribution >= 0.6 is 0 Å². The van der Waals surface area contributed by atoms with Crippen molar-refractivity contribution in [3.63, 3.8) is 0 Å². The highest BCUT2D eigenvalue weighted by atomic mass is 19.1. The van der Waals surface area contributed by atoms with E-state index < -0.39 is 18.3 Å². The molecule has 6 heteroatoms. The number of fused-ring (bicyclic) bond motifs is 1. The third-order valence-corrected chi connectivity index (χ3v) is 5.69. The summed E-state index contributed by atoms with van der Waals surface area (Å²) in [5.74, 6) is 0.608. The van der Waals surface area contributed by atoms with Gasteiger partial charge in [0, 0.05) is 6.54 Å². The molecule has 3 aromatic rings. The lowest BCUT2D eigenvalue weighted by molar-refractivity contribution is 0.00578. The minimum atomic E-state index is -0.579. The van der Waals surface area contributed by atoms with Gasteiger partial charge in [0.05, 0.1) is 22.2 Å². The van der Waals surface area contributed by atoms with Crippen molar-refractivity contribution in [2.75, 3.05) is 0 Å². The number of hydrogen-bond donors (Lipinski definition) is 0. The molecule has 0 radical (unpaired) electrons. The van der Waals surface area contributed by atoms with E-state index in [1.54, 1.807) is 6.07 Å². The number of benzene rings is 2. The van der Waals surface area contributed by atoms with Crippen molar-refractivity contribution in [2.45, 2.75) is 52.4 Å². The third-order valence-electron chi connectivity index (χ3n) is 5.69. The summed E-state index contributed by atoms with van der Waals surface area (Å²) < 4.78 is 28.6. The maximum atomic E-state index is 14.4. The van der Waals surface area contributed by atoms with E-state index in [0.29, 0.717) is 12.0 Å². The molecule has 1 aromatic heterocycles. The van der Waals surface area contributed by atoms with E-state index in [2.05, 4.69) is 9.55 Å². The van der Waals surface area contributed by atoms with Gasteiger partial charge in [0.1, 0.15) is 11.6 Å². The van der Waals surface area contributed by atoms with Gasteiger partial charge in [-0.1, -0.05) is 18.2 Å². The molecular formula is C21H24BFN2O2. The zero-order chi connectivity index (χ0) is 19.4. The highest BCUT2D eigenvalue weighted by Crippen LogP contribution is 2.36. The molecule has 0 saturated carbocycles. The maximum absolute atomic E-state index is 14.4. The molecule has 1 aliphatic heterocycles. The third kappa shape index (κ3) is 3.17. The second-order valence-corrected chi connectivity index (χ2v) is 8.21. The Bertz CT molecular complexity index is 997. The minimum absolute atomic E-state index is 0.292. The van der Waals surface area contributed by atoms with Crippen molar-refractivity contribution in [3.05, 3.63) is 59.7 Å². The Morgan fingerprint density at radius 1 is 1.04 bits per heavy atom. The zero-order valence-electron chi connectivity index (χ0n) is 16.4. The van der Waals surface area contributed by atoms with Crippen molar-refractivity contribution in [3.8, 4) is 0 Å². The normalized spacial score (nSPS) is 18.4. The van der Waals surface area contributed by atoms with Crippen molar-refractivity contribution < 1.29 is 13.7 Å². The van der Waals surface area contributed by atoms with Gasteiger partial charge in [-0.2, -0.15) is 0 Å². The standard InChI is InChI=1S/C21H24BFN2O2/c1-14-24-18-8-6-7-9-19(18)25(14)13-15-10-16(12-17(23)11-15)22-26-20(2,3)21(4,5)27-22/h6-12H,13H2,1-5H3. The Hall–Kier alpha value is -2.18. The van der Waals surface area contributed by atoms with E-state index in [1.165, 1.54) is 6.07 Å². The van der Waals surface area contributed by atoms with Crippen LogP contribution < -0.4 is 5.46 Å². The van der Waals surface area contributed by atoms with Crippen molar-refractivity contribution >= 4 is 23.6 Å². The number of aryl methyl sites for hydroxylation is 1. The summed E-state index contributed by atoms with van der Waals surface area (Å²) in [6.07, 6.45) is 0. The summed E-state index contributed by atoms with van der Waals surface area (Å²) in [4.78, 5) is 4.59. The van der Waals surface area contributed by atoms with Crippen molar-refractivity contribution in [1.82, 2.24) is 9.55 Å². The second-order valence-electron chi connectivity index (χ2n) is 8.21. The number of rotatable bonds is 3. The summed E-state index contributed by atoms with van der Waals surface area (Å²) in [6, 6.07) is 13.0. The Morgan fingerprint density at radius 3 is 2.41 bits per heavy atom. The summed E-state index contributed by atoms with van der Waals surface area (Å²) in [5.41, 5.74) is 2.62. The first-order valence-electron chi connectivity index (χ1n) is 9.23. The number of para-hydroxylation sites is 2. The SMILES string of the molecule is Cc1nc2ccccc2n1Cc1cc(F)cc(B2OC(C)(C)C(C)(C)O2)c1. The largest absolute Gasteiger partial charge is 0.494 e. The van der Waals surface area contributed by atoms with E-state index >= 15 is 0 Å². The van der Waals surface area contributed by atoms with E-state index in [4.69, 9.17) is 9.31 Å². The highest BCUT2D eigenvalue weighted by molar-refractivity contribution is 6.62. The van der Waals surface area contributed by atoms with Crippen LogP contribution in [0.2, 0.25) is 0 Å². The highest BCUT2D eigenvalue weighted by Gasteiger charge is 2.51. The van der Waals surface area contributed by atoms with E-state index in [9.17, 15) is 4.39 Å². The monoisotopic (exact) mass is 366 g/mol. The molecule has 4 rings (SSSR count). The molecule has 0 N–H and O–H groups in total. The maximum Gasteiger partial charge on any atom is 0.494 e. The van der Waals surface area contributed by atoms with Crippen LogP contribution in [0, 0.1) is 12.7 Å². The molecule has 0 unspecified atom stereocenters. The van der Waals surface area contributed by atoms with Crippen molar-refractivity contribution in [2.24, 2.45) is 0 Å². The van der Waals surface area contributed by atoms with Crippen LogP contribution in [0.3, 0.4) is 0 Å². The molecule has 1 saturated heterocycles. The molecule has 0 amide bonds. The fraction of sp³-hybridized carbons (Fsp3) is 0.381. The Labute approximate surface area is 159 Å². The lowest BCUT2D eigenvalue weighted by Gasteiger charge is -2.32. The zero-order valence-corrected chi connectivity index (χ0v) is 16.4. The van der Waals surface area contributed by atoms with Crippen molar-refractivity contribution in [1.29, 1.82) is 0 Å². The smallest absolute Gasteiger partial charge is 0.399 e. The molecule has 140 valence electrons. The number of aromatic nitrogens is 2. The van der Waals surface area contributed by atoms with E-state index in [0.717, 1.165) is 22.4 Å². The Kier molecular flexibility index (Phi) is 4.16. The molecule has 1 aliphatic rings. The van der Waals surface area contributed by atoms with Gasteiger partial charge in [0.15, 0.2) is 0 Å². The molecule has 1 fully saturated rings. The molecular weight excluding hydrogens is 342 g/mol. The fourth-order valence-electron chi connectivity index (χ4n) is 3.46. The topological polar surface area (TPSA) is 36.3 Å². The lowest BCUT2D eigenvalue weighted by Crippen LogP contribution is -2.41. The minimum Gasteiger partial charge on any atom is -0.399 e. The van der Waals surface area contributed by atoms with Gasteiger partial charge < -0.3 is 13.9 Å². The first kappa shape index (κ1) is 18.2. The van der Waals surface area contributed by atoms with Gasteiger partial charge in [-0.05, 0) is 69.9 Å². The first-order chi connectivity index (χ1) is 12.7. The van der Waals surface area contributed by atoms with Crippen LogP contribution in [-0.2, 0) is 15.9 Å². The molecule has 0 spiro atoms. The second kappa shape index (κ2) is 6.18. The van der Waals surface area contributed by atoms with Gasteiger partial charge in [-0.25, -0.2) is 9.37 Å². The summed E-state index contributed by atoms with van der Waals surface area (Å²) in [6.45, 7) is 10.5. The summed E-state index contributed by atoms with van der Waals surface area (Å²) in [7, 11) is -0.579. The van der Waals surface area contributed by atoms with Crippen LogP contribution in [0.5, 0.6) is 0 Å². The van der Waals surface area contributed by atoms with Gasteiger partial charge >= 0.3 is 7.12 Å². The van der Waals surface area contributed by atoms with Crippen LogP contribution in [0.1, 0.15) is 39.1 Å². The van der Waals surface area contributed by atoms with Gasteiger partial charge in [0.25, 0.3) is 0 Å². The number of nitrogens with zero attached hydrogens (tertiary/aromatic N) is 2. The molecule has 27 heavy (non-hydrogen) atoms. The van der Waals surface area contributed by atoms with Gasteiger partial charge in [0.2, 0.25) is 0 Å². The summed E-state index contributed by atoms with van der Waals surface area (Å²) >= 11 is 0. The Balaban J connectivity index is 1.68. The van der Waals surface area contributed by atoms with E-state index in [-0.39, 0.29) is 5.82 Å². The lowest BCUT2D eigenvalue weighted by atomic mass is 9.78. The molecule has 0 bridgehead atoms. The van der Waals surface area contributed by atoms with Crippen LogP contribution in [-0.4, -0.2) is 27.9 Å². The quantitative estimate of drug-likeness (QED) is 0.661. The predicted molar refractivity (Wildman–Crippen MR) is 106 cm³/mol. The predicted octanol–water partition coefficient (Wildman–Crippen LogP) is 3.83. The van der Waals surface area contributed by atoms with Crippen LogP contribution in [0.4, 0.5) is 4.39 Å². The number of hydrogen-bond acceptors (Lipinski definition) is 3. The molecule has 2 heterocycles. The number of imidazole rings is 1. The Morgan fingerprint density at radius 2 is 1.70 bits per heavy atom. The summed E-state index contributed by atoms with van der Waals surface area (Å²) in [5, 5.41) is 0.